The summed E-state index contributed by atoms with van der Waals surface area (Å²) >= 11 is 7.15. The van der Waals surface area contributed by atoms with Crippen LogP contribution in [0.5, 0.6) is 5.75 Å². The SMILES string of the molecule is COc1cccc(F)c1-c1cc(C)ncc1C(=O)Nc1nc2ncc(-c3ccc(Cl)cc3)nc2s1. The van der Waals surface area contributed by atoms with Crippen molar-refractivity contribution < 1.29 is 13.9 Å². The topological polar surface area (TPSA) is 89.9 Å². The minimum atomic E-state index is -0.507. The van der Waals surface area contributed by atoms with Gasteiger partial charge in [0.15, 0.2) is 15.6 Å². The Bertz CT molecular complexity index is 1570. The summed E-state index contributed by atoms with van der Waals surface area (Å²) in [5.41, 5.74) is 3.29. The van der Waals surface area contributed by atoms with E-state index in [2.05, 4.69) is 25.3 Å². The quantitative estimate of drug-likeness (QED) is 0.307. The Hall–Kier alpha value is -3.95. The Balaban J connectivity index is 1.49. The number of fused-ring (bicyclic) bond motifs is 1. The van der Waals surface area contributed by atoms with E-state index in [0.29, 0.717) is 43.3 Å². The lowest BCUT2D eigenvalue weighted by Crippen LogP contribution is -2.14. The summed E-state index contributed by atoms with van der Waals surface area (Å²) in [7, 11) is 1.45. The van der Waals surface area contributed by atoms with Gasteiger partial charge in [0.05, 0.1) is 30.1 Å². The van der Waals surface area contributed by atoms with Crippen molar-refractivity contribution in [1.29, 1.82) is 0 Å². The number of hydrogen-bond acceptors (Lipinski definition) is 7. The van der Waals surface area contributed by atoms with E-state index >= 15 is 0 Å². The fraction of sp³-hybridized carbons (Fsp3) is 0.0800. The van der Waals surface area contributed by atoms with Gasteiger partial charge in [0.25, 0.3) is 5.91 Å². The highest BCUT2D eigenvalue weighted by Crippen LogP contribution is 2.35. The number of halogens is 2. The number of hydrogen-bond donors (Lipinski definition) is 1. The highest BCUT2D eigenvalue weighted by atomic mass is 35.5. The van der Waals surface area contributed by atoms with E-state index in [-0.39, 0.29) is 11.1 Å². The summed E-state index contributed by atoms with van der Waals surface area (Å²) in [6.45, 7) is 1.77. The van der Waals surface area contributed by atoms with Crippen molar-refractivity contribution in [3.05, 3.63) is 83.0 Å². The fourth-order valence-electron chi connectivity index (χ4n) is 3.58. The molecule has 7 nitrogen and oxygen atoms in total. The van der Waals surface area contributed by atoms with E-state index in [4.69, 9.17) is 16.3 Å². The Morgan fingerprint density at radius 2 is 1.89 bits per heavy atom. The molecule has 0 spiro atoms. The molecule has 0 aliphatic carbocycles. The number of aromatic nitrogens is 4. The number of carbonyl (C=O) groups excluding carboxylic acids is 1. The Kier molecular flexibility index (Phi) is 6.10. The van der Waals surface area contributed by atoms with E-state index in [1.54, 1.807) is 43.5 Å². The van der Waals surface area contributed by atoms with Gasteiger partial charge in [0.1, 0.15) is 11.6 Å². The third-order valence-corrected chi connectivity index (χ3v) is 6.34. The van der Waals surface area contributed by atoms with E-state index in [1.165, 1.54) is 30.7 Å². The van der Waals surface area contributed by atoms with Crippen molar-refractivity contribution in [2.45, 2.75) is 6.92 Å². The van der Waals surface area contributed by atoms with Crippen LogP contribution in [0.15, 0.2) is 60.9 Å². The van der Waals surface area contributed by atoms with Gasteiger partial charge in [-0.2, -0.15) is 4.98 Å². The minimum Gasteiger partial charge on any atom is -0.496 e. The van der Waals surface area contributed by atoms with Crippen molar-refractivity contribution in [2.75, 3.05) is 12.4 Å². The number of benzene rings is 2. The first kappa shape index (κ1) is 22.8. The van der Waals surface area contributed by atoms with E-state index in [0.717, 1.165) is 5.56 Å². The molecule has 0 atom stereocenters. The third-order valence-electron chi connectivity index (χ3n) is 5.23. The van der Waals surface area contributed by atoms with Gasteiger partial charge in [-0.05, 0) is 37.3 Å². The molecule has 0 unspecified atom stereocenters. The van der Waals surface area contributed by atoms with Crippen molar-refractivity contribution in [2.24, 2.45) is 0 Å². The molecular weight excluding hydrogens is 489 g/mol. The number of nitrogens with one attached hydrogen (secondary N) is 1. The molecule has 174 valence electrons. The zero-order valence-corrected chi connectivity index (χ0v) is 20.1. The lowest BCUT2D eigenvalue weighted by atomic mass is 9.98. The average Bonchev–Trinajstić information content (AvgIpc) is 3.25. The number of ether oxygens (including phenoxy) is 1. The maximum Gasteiger partial charge on any atom is 0.259 e. The highest BCUT2D eigenvalue weighted by Gasteiger charge is 2.21. The zero-order valence-electron chi connectivity index (χ0n) is 18.5. The van der Waals surface area contributed by atoms with Gasteiger partial charge >= 0.3 is 0 Å². The molecule has 1 amide bonds. The second-order valence-electron chi connectivity index (χ2n) is 7.55. The first-order valence-corrected chi connectivity index (χ1v) is 11.6. The minimum absolute atomic E-state index is 0.182. The van der Waals surface area contributed by atoms with Crippen LogP contribution in [-0.4, -0.2) is 33.0 Å². The Morgan fingerprint density at radius 3 is 2.66 bits per heavy atom. The van der Waals surface area contributed by atoms with Crippen LogP contribution in [0, 0.1) is 12.7 Å². The van der Waals surface area contributed by atoms with Gasteiger partial charge in [-0.1, -0.05) is 41.1 Å². The number of anilines is 1. The molecule has 2 aromatic carbocycles. The summed E-state index contributed by atoms with van der Waals surface area (Å²) < 4.78 is 20.1. The van der Waals surface area contributed by atoms with E-state index in [9.17, 15) is 9.18 Å². The Labute approximate surface area is 208 Å². The normalized spacial score (nSPS) is 11.0. The first-order valence-electron chi connectivity index (χ1n) is 10.4. The second-order valence-corrected chi connectivity index (χ2v) is 8.97. The van der Waals surface area contributed by atoms with Crippen LogP contribution in [0.1, 0.15) is 16.1 Å². The van der Waals surface area contributed by atoms with Crippen LogP contribution < -0.4 is 10.1 Å². The predicted molar refractivity (Wildman–Crippen MR) is 135 cm³/mol. The molecule has 1 N–H and O–H groups in total. The molecule has 3 heterocycles. The van der Waals surface area contributed by atoms with Crippen molar-refractivity contribution >= 4 is 44.5 Å². The highest BCUT2D eigenvalue weighted by molar-refractivity contribution is 7.21. The van der Waals surface area contributed by atoms with Gasteiger partial charge < -0.3 is 4.74 Å². The van der Waals surface area contributed by atoms with Crippen LogP contribution in [-0.2, 0) is 0 Å². The monoisotopic (exact) mass is 505 g/mol. The summed E-state index contributed by atoms with van der Waals surface area (Å²) in [4.78, 5) is 31.4. The molecule has 0 aliphatic heterocycles. The number of thiazole rings is 1. The third kappa shape index (κ3) is 4.55. The molecule has 0 saturated carbocycles. The van der Waals surface area contributed by atoms with Crippen molar-refractivity contribution in [1.82, 2.24) is 19.9 Å². The number of carbonyl (C=O) groups is 1. The molecule has 35 heavy (non-hydrogen) atoms. The van der Waals surface area contributed by atoms with Gasteiger partial charge in [-0.15, -0.1) is 0 Å². The summed E-state index contributed by atoms with van der Waals surface area (Å²) in [6.07, 6.45) is 3.03. The predicted octanol–water partition coefficient (Wildman–Crippen LogP) is 6.18. The molecule has 10 heteroatoms. The largest absolute Gasteiger partial charge is 0.496 e. The van der Waals surface area contributed by atoms with E-state index in [1.807, 2.05) is 12.1 Å². The Morgan fingerprint density at radius 1 is 1.09 bits per heavy atom. The van der Waals surface area contributed by atoms with Crippen LogP contribution in [0.2, 0.25) is 5.02 Å². The summed E-state index contributed by atoms with van der Waals surface area (Å²) in [5.74, 6) is -0.685. The van der Waals surface area contributed by atoms with Crippen LogP contribution in [0.4, 0.5) is 9.52 Å². The zero-order chi connectivity index (χ0) is 24.5. The number of rotatable bonds is 5. The fourth-order valence-corrected chi connectivity index (χ4v) is 4.50. The lowest BCUT2D eigenvalue weighted by molar-refractivity contribution is 0.102. The van der Waals surface area contributed by atoms with Crippen molar-refractivity contribution in [3.63, 3.8) is 0 Å². The number of pyridine rings is 1. The van der Waals surface area contributed by atoms with Crippen molar-refractivity contribution in [3.8, 4) is 28.1 Å². The molecule has 0 fully saturated rings. The number of methoxy groups -OCH3 is 1. The molecule has 0 radical (unpaired) electrons. The molecule has 0 saturated heterocycles. The summed E-state index contributed by atoms with van der Waals surface area (Å²) in [6, 6.07) is 13.4. The van der Waals surface area contributed by atoms with Crippen LogP contribution in [0.3, 0.4) is 0 Å². The molecule has 0 bridgehead atoms. The smallest absolute Gasteiger partial charge is 0.259 e. The van der Waals surface area contributed by atoms with E-state index < -0.39 is 11.7 Å². The standard InChI is InChI=1S/C25H17ClFN5O2S/c1-13-10-16(21-18(27)4-3-5-20(21)34-2)17(11-28-13)23(33)32-25-31-22-24(35-25)30-19(12-29-22)14-6-8-15(26)9-7-14/h3-12H,1-2H3,(H,29,31,32,33). The van der Waals surface area contributed by atoms with Gasteiger partial charge in [0.2, 0.25) is 0 Å². The first-order chi connectivity index (χ1) is 16.9. The summed E-state index contributed by atoms with van der Waals surface area (Å²) in [5, 5.41) is 3.71. The number of aryl methyl sites for hydroxylation is 1. The maximum atomic E-state index is 14.8. The van der Waals surface area contributed by atoms with Crippen LogP contribution in [0.25, 0.3) is 32.9 Å². The van der Waals surface area contributed by atoms with Gasteiger partial charge in [-0.3, -0.25) is 15.1 Å². The van der Waals surface area contributed by atoms with Gasteiger partial charge in [0, 0.05) is 28.0 Å². The number of nitrogens with zero attached hydrogens (tertiary/aromatic N) is 4. The average molecular weight is 506 g/mol. The lowest BCUT2D eigenvalue weighted by Gasteiger charge is -2.14. The molecule has 5 aromatic rings. The van der Waals surface area contributed by atoms with Crippen LogP contribution >= 0.6 is 22.9 Å². The molecule has 5 rings (SSSR count). The second kappa shape index (κ2) is 9.36. The molecular formula is C25H17ClFN5O2S. The molecule has 3 aromatic heterocycles. The maximum absolute atomic E-state index is 14.8. The van der Waals surface area contributed by atoms with Gasteiger partial charge in [-0.25, -0.2) is 14.4 Å². The number of amides is 1. The molecule has 0 aliphatic rings.